The first kappa shape index (κ1) is 16.4. The van der Waals surface area contributed by atoms with Crippen LogP contribution in [-0.2, 0) is 32.2 Å². The van der Waals surface area contributed by atoms with Crippen molar-refractivity contribution in [2.45, 2.75) is 18.7 Å². The molecular formula is C13H20N2O4S2. The molecule has 1 aliphatic heterocycles. The Hall–Kier alpha value is -0.960. The first-order valence-electron chi connectivity index (χ1n) is 6.78. The second kappa shape index (κ2) is 6.43. The molecule has 0 saturated carbocycles. The second-order valence-electron chi connectivity index (χ2n) is 5.18. The number of sulfonamides is 1. The molecule has 0 amide bonds. The Balaban J connectivity index is 2.10. The van der Waals surface area contributed by atoms with Gasteiger partial charge in [-0.2, -0.15) is 0 Å². The van der Waals surface area contributed by atoms with Gasteiger partial charge in [0.05, 0.1) is 17.3 Å². The summed E-state index contributed by atoms with van der Waals surface area (Å²) in [6, 6.07) is 7.10. The molecule has 1 saturated heterocycles. The van der Waals surface area contributed by atoms with Gasteiger partial charge in [-0.25, -0.2) is 21.1 Å². The van der Waals surface area contributed by atoms with Crippen LogP contribution in [0, 0.1) is 0 Å². The molecule has 2 N–H and O–H groups in total. The highest BCUT2D eigenvalue weighted by Crippen LogP contribution is 2.15. The van der Waals surface area contributed by atoms with Gasteiger partial charge in [-0.15, -0.1) is 0 Å². The molecule has 0 spiro atoms. The zero-order valence-electron chi connectivity index (χ0n) is 11.7. The minimum absolute atomic E-state index is 0.0472. The fourth-order valence-electron chi connectivity index (χ4n) is 2.27. The summed E-state index contributed by atoms with van der Waals surface area (Å²) in [5.41, 5.74) is 7.13. The van der Waals surface area contributed by atoms with E-state index in [2.05, 4.69) is 0 Å². The van der Waals surface area contributed by atoms with E-state index in [0.717, 1.165) is 5.56 Å². The Morgan fingerprint density at radius 2 is 1.67 bits per heavy atom. The summed E-state index contributed by atoms with van der Waals surface area (Å²) >= 11 is 0. The maximum atomic E-state index is 12.4. The molecular weight excluding hydrogens is 312 g/mol. The fraction of sp³-hybridized carbons (Fsp3) is 0.538. The van der Waals surface area contributed by atoms with Gasteiger partial charge in [0.25, 0.3) is 0 Å². The van der Waals surface area contributed by atoms with Crippen molar-refractivity contribution in [3.63, 3.8) is 0 Å². The van der Waals surface area contributed by atoms with E-state index >= 15 is 0 Å². The molecule has 0 atom stereocenters. The molecule has 0 radical (unpaired) electrons. The molecule has 1 aromatic carbocycles. The Bertz CT molecular complexity index is 681. The first-order valence-corrected chi connectivity index (χ1v) is 10.2. The van der Waals surface area contributed by atoms with Crippen molar-refractivity contribution in [2.75, 3.05) is 24.6 Å². The Morgan fingerprint density at radius 3 is 2.29 bits per heavy atom. The van der Waals surface area contributed by atoms with E-state index < -0.39 is 19.9 Å². The largest absolute Gasteiger partial charge is 0.326 e. The maximum Gasteiger partial charge on any atom is 0.218 e. The highest BCUT2D eigenvalue weighted by molar-refractivity contribution is 7.91. The Labute approximate surface area is 125 Å². The Morgan fingerprint density at radius 1 is 1.05 bits per heavy atom. The molecule has 1 heterocycles. The lowest BCUT2D eigenvalue weighted by molar-refractivity contribution is 0.434. The number of sulfone groups is 1. The third-order valence-corrected chi connectivity index (χ3v) is 7.08. The summed E-state index contributed by atoms with van der Waals surface area (Å²) in [7, 11) is -6.61. The SMILES string of the molecule is NCc1ccc(CS(=O)(=O)N2CCCS(=O)(=O)CC2)cc1. The number of rotatable bonds is 4. The summed E-state index contributed by atoms with van der Waals surface area (Å²) in [4.78, 5) is 0. The normalized spacial score (nSPS) is 20.0. The van der Waals surface area contributed by atoms with Gasteiger partial charge in [-0.3, -0.25) is 0 Å². The van der Waals surface area contributed by atoms with Crippen molar-refractivity contribution in [3.05, 3.63) is 35.4 Å². The van der Waals surface area contributed by atoms with Crippen LogP contribution < -0.4 is 5.73 Å². The standard InChI is InChI=1S/C13H20N2O4S2/c14-10-12-2-4-13(5-3-12)11-21(18,19)15-6-1-8-20(16,17)9-7-15/h2-5H,1,6-11,14H2. The number of hydrogen-bond acceptors (Lipinski definition) is 5. The van der Waals surface area contributed by atoms with Crippen LogP contribution in [0.15, 0.2) is 24.3 Å². The lowest BCUT2D eigenvalue weighted by atomic mass is 10.1. The minimum atomic E-state index is -3.49. The van der Waals surface area contributed by atoms with Crippen molar-refractivity contribution in [3.8, 4) is 0 Å². The molecule has 8 heteroatoms. The number of benzene rings is 1. The molecule has 0 unspecified atom stereocenters. The van der Waals surface area contributed by atoms with Crippen LogP contribution in [0.25, 0.3) is 0 Å². The second-order valence-corrected chi connectivity index (χ2v) is 9.45. The van der Waals surface area contributed by atoms with Gasteiger partial charge in [0, 0.05) is 19.6 Å². The van der Waals surface area contributed by atoms with Crippen LogP contribution >= 0.6 is 0 Å². The zero-order valence-corrected chi connectivity index (χ0v) is 13.4. The molecule has 118 valence electrons. The van der Waals surface area contributed by atoms with Gasteiger partial charge < -0.3 is 5.73 Å². The smallest absolute Gasteiger partial charge is 0.218 e. The lowest BCUT2D eigenvalue weighted by Gasteiger charge is -2.19. The molecule has 6 nitrogen and oxygen atoms in total. The van der Waals surface area contributed by atoms with Crippen LogP contribution in [0.2, 0.25) is 0 Å². The van der Waals surface area contributed by atoms with Crippen LogP contribution in [-0.4, -0.2) is 45.7 Å². The summed E-state index contributed by atoms with van der Waals surface area (Å²) in [6.45, 7) is 0.727. The van der Waals surface area contributed by atoms with E-state index in [1.54, 1.807) is 24.3 Å². The van der Waals surface area contributed by atoms with Crippen LogP contribution in [0.1, 0.15) is 17.5 Å². The van der Waals surface area contributed by atoms with Gasteiger partial charge in [-0.1, -0.05) is 24.3 Å². The van der Waals surface area contributed by atoms with Crippen LogP contribution in [0.5, 0.6) is 0 Å². The molecule has 1 aromatic rings. The van der Waals surface area contributed by atoms with E-state index in [9.17, 15) is 16.8 Å². The quantitative estimate of drug-likeness (QED) is 0.843. The maximum absolute atomic E-state index is 12.4. The van der Waals surface area contributed by atoms with E-state index in [4.69, 9.17) is 5.73 Å². The number of nitrogens with zero attached hydrogens (tertiary/aromatic N) is 1. The monoisotopic (exact) mass is 332 g/mol. The highest BCUT2D eigenvalue weighted by Gasteiger charge is 2.27. The van der Waals surface area contributed by atoms with E-state index in [0.29, 0.717) is 18.5 Å². The molecule has 1 fully saturated rings. The third kappa shape index (κ3) is 4.50. The average molecular weight is 332 g/mol. The predicted molar refractivity (Wildman–Crippen MR) is 81.8 cm³/mol. The van der Waals surface area contributed by atoms with Crippen molar-refractivity contribution in [1.29, 1.82) is 0 Å². The topological polar surface area (TPSA) is 97.5 Å². The molecule has 0 aliphatic carbocycles. The Kier molecular flexibility index (Phi) is 5.03. The molecule has 21 heavy (non-hydrogen) atoms. The van der Waals surface area contributed by atoms with Gasteiger partial charge >= 0.3 is 0 Å². The van der Waals surface area contributed by atoms with Crippen molar-refractivity contribution in [1.82, 2.24) is 4.31 Å². The molecule has 2 rings (SSSR count). The molecule has 0 bridgehead atoms. The minimum Gasteiger partial charge on any atom is -0.326 e. The van der Waals surface area contributed by atoms with Crippen LogP contribution in [0.4, 0.5) is 0 Å². The average Bonchev–Trinajstić information content (AvgIpc) is 2.60. The van der Waals surface area contributed by atoms with E-state index in [-0.39, 0.29) is 30.3 Å². The summed E-state index contributed by atoms with van der Waals surface area (Å²) in [5, 5.41) is 0. The predicted octanol–water partition coefficient (Wildman–Crippen LogP) is 0.0956. The van der Waals surface area contributed by atoms with Crippen LogP contribution in [0.3, 0.4) is 0 Å². The first-order chi connectivity index (χ1) is 9.82. The summed E-state index contributed by atoms with van der Waals surface area (Å²) < 4.78 is 49.1. The molecule has 1 aliphatic rings. The zero-order chi connectivity index (χ0) is 15.5. The number of hydrogen-bond donors (Lipinski definition) is 1. The van der Waals surface area contributed by atoms with Crippen molar-refractivity contribution < 1.29 is 16.8 Å². The third-order valence-electron chi connectivity index (χ3n) is 3.52. The van der Waals surface area contributed by atoms with E-state index in [1.165, 1.54) is 4.31 Å². The highest BCUT2D eigenvalue weighted by atomic mass is 32.2. The van der Waals surface area contributed by atoms with Gasteiger partial charge in [0.15, 0.2) is 9.84 Å². The van der Waals surface area contributed by atoms with Crippen molar-refractivity contribution in [2.24, 2.45) is 5.73 Å². The van der Waals surface area contributed by atoms with Gasteiger partial charge in [-0.05, 0) is 17.5 Å². The van der Waals surface area contributed by atoms with Gasteiger partial charge in [0.1, 0.15) is 0 Å². The van der Waals surface area contributed by atoms with E-state index in [1.807, 2.05) is 0 Å². The summed E-state index contributed by atoms with van der Waals surface area (Å²) in [6.07, 6.45) is 0.355. The van der Waals surface area contributed by atoms with Crippen molar-refractivity contribution >= 4 is 19.9 Å². The lowest BCUT2D eigenvalue weighted by Crippen LogP contribution is -2.34. The van der Waals surface area contributed by atoms with Gasteiger partial charge in [0.2, 0.25) is 10.0 Å². The number of nitrogens with two attached hydrogens (primary N) is 1. The molecule has 0 aromatic heterocycles. The summed E-state index contributed by atoms with van der Waals surface area (Å²) in [5.74, 6) is -0.152. The fourth-order valence-corrected chi connectivity index (χ4v) is 5.23.